The number of epoxide rings is 1. The Morgan fingerprint density at radius 1 is 1.00 bits per heavy atom. The number of carbonyl (C=O) groups is 5. The minimum Gasteiger partial charge on any atom is -0.457 e. The van der Waals surface area contributed by atoms with Crippen LogP contribution >= 0.6 is 11.6 Å². The van der Waals surface area contributed by atoms with Crippen molar-refractivity contribution >= 4 is 46.9 Å². The van der Waals surface area contributed by atoms with Gasteiger partial charge in [-0.15, -0.1) is 0 Å². The number of aliphatic hydroxyl groups is 2. The molecule has 0 aliphatic carbocycles. The first-order chi connectivity index (χ1) is 23.6. The second kappa shape index (κ2) is 13.6. The van der Waals surface area contributed by atoms with Crippen molar-refractivity contribution in [1.29, 1.82) is 0 Å². The number of carbonyl (C=O) groups excluding carboxylic acids is 5. The summed E-state index contributed by atoms with van der Waals surface area (Å²) in [6, 6.07) is 2.32. The number of aryl methyl sites for hydroxylation is 1. The highest BCUT2D eigenvalue weighted by molar-refractivity contribution is 6.34. The molecule has 6 bridgehead atoms. The van der Waals surface area contributed by atoms with Gasteiger partial charge in [-0.2, -0.15) is 0 Å². The molecule has 0 aromatic heterocycles. The zero-order chi connectivity index (χ0) is 38.0. The van der Waals surface area contributed by atoms with Gasteiger partial charge in [0.25, 0.3) is 5.91 Å². The predicted molar refractivity (Wildman–Crippen MR) is 187 cm³/mol. The van der Waals surface area contributed by atoms with Crippen molar-refractivity contribution in [3.8, 4) is 0 Å². The van der Waals surface area contributed by atoms with Crippen LogP contribution in [-0.4, -0.2) is 99.6 Å². The van der Waals surface area contributed by atoms with Crippen LogP contribution in [0.5, 0.6) is 0 Å². The molecule has 0 radical (unpaired) electrons. The molecule has 4 heterocycles. The van der Waals surface area contributed by atoms with Gasteiger partial charge in [0.2, 0.25) is 11.5 Å². The molecule has 1 aromatic carbocycles. The fourth-order valence-corrected chi connectivity index (χ4v) is 7.31. The van der Waals surface area contributed by atoms with Gasteiger partial charge in [-0.25, -0.2) is 9.59 Å². The van der Waals surface area contributed by atoms with E-state index in [1.807, 2.05) is 26.0 Å². The monoisotopic (exact) mass is 729 g/mol. The Hall–Kier alpha value is -3.78. The maximum Gasteiger partial charge on any atom is 0.409 e. The molecule has 1 aromatic rings. The van der Waals surface area contributed by atoms with E-state index in [0.717, 1.165) is 27.9 Å². The van der Waals surface area contributed by atoms with Gasteiger partial charge in [-0.05, 0) is 51.8 Å². The molecule has 5 rings (SSSR count). The third kappa shape index (κ3) is 7.05. The van der Waals surface area contributed by atoms with E-state index >= 15 is 0 Å². The Kier molecular flexibility index (Phi) is 10.3. The summed E-state index contributed by atoms with van der Waals surface area (Å²) < 4.78 is 17.8. The minimum absolute atomic E-state index is 0.0210. The third-order valence-corrected chi connectivity index (χ3v) is 11.8. The van der Waals surface area contributed by atoms with Crippen molar-refractivity contribution in [2.75, 3.05) is 18.5 Å². The normalized spacial score (nSPS) is 38.8. The van der Waals surface area contributed by atoms with Crippen LogP contribution in [0.25, 0.3) is 0 Å². The Morgan fingerprint density at radius 2 is 1.67 bits per heavy atom. The van der Waals surface area contributed by atoms with Crippen LogP contribution in [0.4, 0.5) is 10.5 Å². The Labute approximate surface area is 302 Å². The van der Waals surface area contributed by atoms with E-state index in [1.165, 1.54) is 14.0 Å². The Balaban J connectivity index is 1.70. The number of likely N-dealkylation sites (N-methyl/N-ethyl adjacent to an activating group) is 1. The average molecular weight is 730 g/mol. The maximum absolute atomic E-state index is 14.5. The van der Waals surface area contributed by atoms with Crippen LogP contribution in [0.1, 0.15) is 78.4 Å². The Bertz CT molecular complexity index is 1710. The molecular formula is C37H48ClN3O10. The van der Waals surface area contributed by atoms with Gasteiger partial charge < -0.3 is 34.2 Å². The average Bonchev–Trinajstić information content (AvgIpc) is 3.76. The third-order valence-electron chi connectivity index (χ3n) is 11.3. The number of esters is 1. The largest absolute Gasteiger partial charge is 0.457 e. The van der Waals surface area contributed by atoms with E-state index in [-0.39, 0.29) is 23.0 Å². The van der Waals surface area contributed by atoms with Crippen LogP contribution in [-0.2, 0) is 33.4 Å². The molecular weight excluding hydrogens is 682 g/mol. The number of halogens is 1. The van der Waals surface area contributed by atoms with Crippen molar-refractivity contribution < 1.29 is 48.4 Å². The molecule has 51 heavy (non-hydrogen) atoms. The van der Waals surface area contributed by atoms with E-state index in [2.05, 4.69) is 5.32 Å². The molecule has 3 N–H and O–H groups in total. The number of ketones is 1. The number of allylic oxidation sites excluding steroid dienone is 3. The number of hydrogen-bond acceptors (Lipinski definition) is 10. The number of amides is 3. The number of hydrogen-bond donors (Lipinski definition) is 3. The van der Waals surface area contributed by atoms with Crippen molar-refractivity contribution in [3.63, 3.8) is 0 Å². The van der Waals surface area contributed by atoms with E-state index in [9.17, 15) is 34.2 Å². The van der Waals surface area contributed by atoms with Crippen molar-refractivity contribution in [3.05, 3.63) is 52.1 Å². The van der Waals surface area contributed by atoms with Crippen molar-refractivity contribution in [2.24, 2.45) is 11.8 Å². The molecule has 3 fully saturated rings. The minimum atomic E-state index is -2.60. The fourth-order valence-electron chi connectivity index (χ4n) is 7.09. The molecule has 278 valence electrons. The van der Waals surface area contributed by atoms with Crippen LogP contribution < -0.4 is 10.2 Å². The number of rotatable bonds is 0. The van der Waals surface area contributed by atoms with Gasteiger partial charge in [0.05, 0.1) is 29.8 Å². The highest BCUT2D eigenvalue weighted by Crippen LogP contribution is 2.49. The summed E-state index contributed by atoms with van der Waals surface area (Å²) in [6.07, 6.45) is 1.50. The molecule has 0 saturated carbocycles. The first-order valence-corrected chi connectivity index (χ1v) is 17.6. The fraction of sp³-hybridized carbons (Fsp3) is 0.595. The van der Waals surface area contributed by atoms with E-state index in [4.69, 9.17) is 25.8 Å². The molecule has 3 unspecified atom stereocenters. The number of benzene rings is 1. The van der Waals surface area contributed by atoms with Crippen LogP contribution in [0.2, 0.25) is 5.02 Å². The molecule has 10 atom stereocenters. The molecule has 0 spiro atoms. The highest BCUT2D eigenvalue weighted by atomic mass is 35.5. The summed E-state index contributed by atoms with van der Waals surface area (Å²) in [5.41, 5.74) is -3.06. The first-order valence-electron chi connectivity index (χ1n) is 17.2. The molecule has 13 nitrogen and oxygen atoms in total. The second-order valence-corrected chi connectivity index (χ2v) is 15.3. The topological polar surface area (TPSA) is 175 Å². The summed E-state index contributed by atoms with van der Waals surface area (Å²) in [4.78, 5) is 70.3. The molecule has 4 aliphatic heterocycles. The lowest BCUT2D eigenvalue weighted by molar-refractivity contribution is -0.169. The van der Waals surface area contributed by atoms with E-state index in [0.29, 0.717) is 5.56 Å². The van der Waals surface area contributed by atoms with Crippen LogP contribution in [0.3, 0.4) is 0 Å². The standard InChI is InChI=1S/C37H48ClN3O10/c1-18-11-10-12-20(3)37(48)16-26(49-34(46)39-37)22(5)31-36(8,51-31)28-15-29(43)41(25-14-24(21(18)4)13-19(2)30(25)38)17-27(42)35(7,47)33(45)40(9)23(6)32(44)50-28/h10-14,20-23,26,28,31,47-48H,15-17H2,1-9H3,(H,39,46)/b12-10+,18-11?/t20-,21?,22-,23+,26+,28+,31?,35?,36+,37+/m1/s1. The zero-order valence-corrected chi connectivity index (χ0v) is 31.2. The van der Waals surface area contributed by atoms with Crippen molar-refractivity contribution in [1.82, 2.24) is 10.2 Å². The van der Waals surface area contributed by atoms with Gasteiger partial charge in [-0.1, -0.05) is 62.2 Å². The first kappa shape index (κ1) is 38.5. The van der Waals surface area contributed by atoms with Gasteiger partial charge in [0, 0.05) is 31.2 Å². The van der Waals surface area contributed by atoms with Crippen LogP contribution in [0.15, 0.2) is 35.9 Å². The van der Waals surface area contributed by atoms with Gasteiger partial charge in [0.1, 0.15) is 29.6 Å². The number of nitrogens with zero attached hydrogens (tertiary/aromatic N) is 2. The molecule has 3 saturated heterocycles. The number of nitrogens with one attached hydrogen (secondary N) is 1. The molecule has 3 amide bonds. The van der Waals surface area contributed by atoms with Crippen molar-refractivity contribution in [2.45, 2.75) is 115 Å². The smallest absolute Gasteiger partial charge is 0.409 e. The van der Waals surface area contributed by atoms with Crippen LogP contribution in [0, 0.1) is 18.8 Å². The summed E-state index contributed by atoms with van der Waals surface area (Å²) in [5.74, 6) is -4.88. The second-order valence-electron chi connectivity index (χ2n) is 15.0. The number of ether oxygens (including phenoxy) is 3. The zero-order valence-electron chi connectivity index (χ0n) is 30.5. The van der Waals surface area contributed by atoms with Gasteiger partial charge in [-0.3, -0.25) is 19.7 Å². The summed E-state index contributed by atoms with van der Waals surface area (Å²) >= 11 is 6.86. The number of alkyl carbamates (subject to hydrolysis) is 1. The number of Topliss-reactive ketones (excluding diaryl/α,β-unsaturated/α-hetero) is 1. The lowest BCUT2D eigenvalue weighted by atomic mass is 9.82. The quantitative estimate of drug-likeness (QED) is 0.203. The maximum atomic E-state index is 14.5. The van der Waals surface area contributed by atoms with E-state index < -0.39 is 95.7 Å². The summed E-state index contributed by atoms with van der Waals surface area (Å²) in [6.45, 7) is 12.6. The lowest BCUT2D eigenvalue weighted by Crippen LogP contribution is -2.61. The highest BCUT2D eigenvalue weighted by Gasteiger charge is 2.64. The van der Waals surface area contributed by atoms with Gasteiger partial charge in [0.15, 0.2) is 5.78 Å². The van der Waals surface area contributed by atoms with Gasteiger partial charge >= 0.3 is 12.1 Å². The Morgan fingerprint density at radius 3 is 2.33 bits per heavy atom. The summed E-state index contributed by atoms with van der Waals surface area (Å²) in [5, 5.41) is 25.7. The predicted octanol–water partition coefficient (Wildman–Crippen LogP) is 3.70. The number of anilines is 1. The van der Waals surface area contributed by atoms with E-state index in [1.54, 1.807) is 45.9 Å². The number of fused-ring (bicyclic) bond motifs is 10. The SMILES string of the molecule is CC1=C/C=C/[C@@H](C)[C@@]2(O)C[C@H](OC(=O)N2)[C@@H](C)C2O[C@@]2(C)[C@@H]2CC(=O)N(CC(=O)C(C)(O)C(=O)N(C)[C@@H](C)C(=O)O2)c2cc(cc(C)c2Cl)C1C. The lowest BCUT2D eigenvalue weighted by Gasteiger charge is -2.41. The molecule has 4 aliphatic rings. The summed E-state index contributed by atoms with van der Waals surface area (Å²) in [7, 11) is 1.27. The molecule has 14 heteroatoms.